The minimum absolute atomic E-state index is 0.198. The van der Waals surface area contributed by atoms with Crippen molar-refractivity contribution in [3.63, 3.8) is 0 Å². The monoisotopic (exact) mass is 288 g/mol. The molecule has 0 spiro atoms. The number of likely N-dealkylation sites (tertiary alicyclic amines) is 1. The number of benzene rings is 1. The first-order valence-electron chi connectivity index (χ1n) is 7.67. The molecule has 114 valence electrons. The van der Waals surface area contributed by atoms with Crippen LogP contribution in [-0.4, -0.2) is 60.1 Å². The molecule has 0 radical (unpaired) electrons. The first kappa shape index (κ1) is 14.5. The van der Waals surface area contributed by atoms with Crippen LogP contribution < -0.4 is 0 Å². The first-order chi connectivity index (χ1) is 9.95. The number of hydrogen-bond acceptors (Lipinski definition) is 3. The van der Waals surface area contributed by atoms with Crippen molar-refractivity contribution in [2.45, 2.75) is 30.3 Å². The molecule has 1 N–H and O–H groups in total. The highest BCUT2D eigenvalue weighted by molar-refractivity contribution is 5.91. The van der Waals surface area contributed by atoms with Crippen LogP contribution in [0, 0.1) is 0 Å². The van der Waals surface area contributed by atoms with Crippen LogP contribution in [0.15, 0.2) is 30.3 Å². The summed E-state index contributed by atoms with van der Waals surface area (Å²) in [4.78, 5) is 16.8. The molecule has 1 saturated heterocycles. The molecule has 1 aliphatic heterocycles. The maximum absolute atomic E-state index is 12.9. The molecule has 0 bridgehead atoms. The Morgan fingerprint density at radius 3 is 2.48 bits per heavy atom. The molecule has 1 aromatic carbocycles. The van der Waals surface area contributed by atoms with Gasteiger partial charge in [0.15, 0.2) is 0 Å². The number of amides is 1. The summed E-state index contributed by atoms with van der Waals surface area (Å²) in [5.74, 6) is 0.198. The van der Waals surface area contributed by atoms with Crippen molar-refractivity contribution >= 4 is 5.91 Å². The van der Waals surface area contributed by atoms with E-state index in [9.17, 15) is 9.90 Å². The van der Waals surface area contributed by atoms with Crippen molar-refractivity contribution in [3.05, 3.63) is 35.9 Å². The van der Waals surface area contributed by atoms with Gasteiger partial charge in [0.05, 0.1) is 17.6 Å². The number of nitrogens with zero attached hydrogens (tertiary/aromatic N) is 2. The maximum atomic E-state index is 12.9. The zero-order valence-electron chi connectivity index (χ0n) is 12.9. The van der Waals surface area contributed by atoms with E-state index in [1.165, 1.54) is 0 Å². The summed E-state index contributed by atoms with van der Waals surface area (Å²) in [7, 11) is 3.91. The van der Waals surface area contributed by atoms with Gasteiger partial charge in [-0.05, 0) is 38.9 Å². The van der Waals surface area contributed by atoms with Gasteiger partial charge in [-0.3, -0.25) is 4.79 Å². The van der Waals surface area contributed by atoms with Gasteiger partial charge in [0.1, 0.15) is 0 Å². The van der Waals surface area contributed by atoms with Crippen molar-refractivity contribution in [2.24, 2.45) is 0 Å². The number of carbonyl (C=O) groups excluding carboxylic acids is 1. The van der Waals surface area contributed by atoms with Crippen LogP contribution in [0.5, 0.6) is 0 Å². The summed E-state index contributed by atoms with van der Waals surface area (Å²) < 4.78 is 0. The highest BCUT2D eigenvalue weighted by Gasteiger charge is 2.54. The van der Waals surface area contributed by atoms with Crippen LogP contribution in [0.2, 0.25) is 0 Å². The summed E-state index contributed by atoms with van der Waals surface area (Å²) in [6.07, 6.45) is 2.53. The van der Waals surface area contributed by atoms with Crippen LogP contribution >= 0.6 is 0 Å². The van der Waals surface area contributed by atoms with Crippen LogP contribution in [0.25, 0.3) is 0 Å². The van der Waals surface area contributed by atoms with Gasteiger partial charge >= 0.3 is 0 Å². The zero-order valence-corrected chi connectivity index (χ0v) is 12.9. The molecule has 1 aliphatic carbocycles. The second kappa shape index (κ2) is 5.11. The van der Waals surface area contributed by atoms with E-state index in [0.717, 1.165) is 18.4 Å². The fourth-order valence-corrected chi connectivity index (χ4v) is 3.56. The lowest BCUT2D eigenvalue weighted by atomic mass is 9.94. The third-order valence-corrected chi connectivity index (χ3v) is 4.72. The summed E-state index contributed by atoms with van der Waals surface area (Å²) in [6.45, 7) is 1.73. The molecule has 4 heteroatoms. The lowest BCUT2D eigenvalue weighted by molar-refractivity contribution is -0.134. The average Bonchev–Trinajstić information content (AvgIpc) is 3.17. The number of likely N-dealkylation sites (N-methyl/N-ethyl adjacent to an activating group) is 1. The molecule has 3 rings (SSSR count). The standard InChI is InChI=1S/C17H24N2O2/c1-18(2)12-16(21)10-11-19(13-16)15(20)17(8-9-17)14-6-4-3-5-7-14/h3-7,21H,8-13H2,1-2H3/t16-/m1/s1. The molecule has 0 unspecified atom stereocenters. The van der Waals surface area contributed by atoms with Crippen LogP contribution in [0.4, 0.5) is 0 Å². The molecule has 21 heavy (non-hydrogen) atoms. The molecule has 0 aromatic heterocycles. The highest BCUT2D eigenvalue weighted by Crippen LogP contribution is 2.50. The van der Waals surface area contributed by atoms with Crippen molar-refractivity contribution in [1.82, 2.24) is 9.80 Å². The zero-order chi connectivity index (χ0) is 15.1. The molecular formula is C17H24N2O2. The maximum Gasteiger partial charge on any atom is 0.233 e. The fraction of sp³-hybridized carbons (Fsp3) is 0.588. The molecule has 1 atom stereocenters. The van der Waals surface area contributed by atoms with Gasteiger partial charge < -0.3 is 14.9 Å². The van der Waals surface area contributed by atoms with Gasteiger partial charge in [0, 0.05) is 13.1 Å². The van der Waals surface area contributed by atoms with Crippen LogP contribution in [0.1, 0.15) is 24.8 Å². The van der Waals surface area contributed by atoms with Crippen molar-refractivity contribution in [1.29, 1.82) is 0 Å². The Bertz CT molecular complexity index is 525. The molecule has 2 aliphatic rings. The first-order valence-corrected chi connectivity index (χ1v) is 7.67. The number of hydrogen-bond donors (Lipinski definition) is 1. The van der Waals surface area contributed by atoms with Crippen LogP contribution in [0.3, 0.4) is 0 Å². The predicted molar refractivity (Wildman–Crippen MR) is 82.1 cm³/mol. The quantitative estimate of drug-likeness (QED) is 0.906. The van der Waals surface area contributed by atoms with Gasteiger partial charge in [-0.2, -0.15) is 0 Å². The van der Waals surface area contributed by atoms with E-state index < -0.39 is 5.60 Å². The minimum atomic E-state index is -0.758. The Hall–Kier alpha value is -1.39. The van der Waals surface area contributed by atoms with E-state index >= 15 is 0 Å². The number of rotatable bonds is 4. The highest BCUT2D eigenvalue weighted by atomic mass is 16.3. The number of β-amino-alcohol motifs (C(OH)–C–C–N with tert-alkyl or cyclic N) is 1. The van der Waals surface area contributed by atoms with Gasteiger partial charge in [0.25, 0.3) is 0 Å². The van der Waals surface area contributed by atoms with Crippen molar-refractivity contribution < 1.29 is 9.90 Å². The van der Waals surface area contributed by atoms with Gasteiger partial charge in [-0.25, -0.2) is 0 Å². The topological polar surface area (TPSA) is 43.8 Å². The summed E-state index contributed by atoms with van der Waals surface area (Å²) >= 11 is 0. The Labute approximate surface area is 126 Å². The van der Waals surface area contributed by atoms with E-state index in [2.05, 4.69) is 0 Å². The van der Waals surface area contributed by atoms with E-state index in [-0.39, 0.29) is 11.3 Å². The van der Waals surface area contributed by atoms with E-state index in [1.807, 2.05) is 54.2 Å². The number of aliphatic hydroxyl groups is 1. The van der Waals surface area contributed by atoms with Gasteiger partial charge in [-0.15, -0.1) is 0 Å². The molecule has 4 nitrogen and oxygen atoms in total. The fourth-order valence-electron chi connectivity index (χ4n) is 3.56. The second-order valence-electron chi connectivity index (χ2n) is 6.89. The summed E-state index contributed by atoms with van der Waals surface area (Å²) in [6, 6.07) is 10.1. The lowest BCUT2D eigenvalue weighted by Gasteiger charge is -2.28. The molecule has 1 saturated carbocycles. The SMILES string of the molecule is CN(C)C[C@]1(O)CCN(C(=O)C2(c3ccccc3)CC2)C1. The summed E-state index contributed by atoms with van der Waals surface area (Å²) in [5.41, 5.74) is 0.0503. The Kier molecular flexibility index (Phi) is 3.54. The lowest BCUT2D eigenvalue weighted by Crippen LogP contribution is -2.45. The van der Waals surface area contributed by atoms with E-state index in [4.69, 9.17) is 0 Å². The Morgan fingerprint density at radius 1 is 1.24 bits per heavy atom. The van der Waals surface area contributed by atoms with Crippen molar-refractivity contribution in [3.8, 4) is 0 Å². The average molecular weight is 288 g/mol. The molecule has 1 heterocycles. The molecule has 1 aromatic rings. The number of carbonyl (C=O) groups is 1. The van der Waals surface area contributed by atoms with Crippen molar-refractivity contribution in [2.75, 3.05) is 33.7 Å². The normalized spacial score (nSPS) is 27.1. The van der Waals surface area contributed by atoms with Gasteiger partial charge in [0.2, 0.25) is 5.91 Å². The van der Waals surface area contributed by atoms with Gasteiger partial charge in [-0.1, -0.05) is 30.3 Å². The molecule has 2 fully saturated rings. The second-order valence-corrected chi connectivity index (χ2v) is 6.89. The summed E-state index contributed by atoms with van der Waals surface area (Å²) in [5, 5.41) is 10.6. The minimum Gasteiger partial charge on any atom is -0.387 e. The molecular weight excluding hydrogens is 264 g/mol. The largest absolute Gasteiger partial charge is 0.387 e. The van der Waals surface area contributed by atoms with E-state index in [1.54, 1.807) is 0 Å². The molecule has 1 amide bonds. The smallest absolute Gasteiger partial charge is 0.233 e. The third-order valence-electron chi connectivity index (χ3n) is 4.72. The Balaban J connectivity index is 1.73. The third kappa shape index (κ3) is 2.70. The van der Waals surface area contributed by atoms with Crippen LogP contribution in [-0.2, 0) is 10.2 Å². The van der Waals surface area contributed by atoms with E-state index in [0.29, 0.717) is 26.1 Å². The predicted octanol–water partition coefficient (Wildman–Crippen LogP) is 1.24. The Morgan fingerprint density at radius 2 is 1.90 bits per heavy atom.